The molecule has 0 unspecified atom stereocenters. The van der Waals surface area contributed by atoms with Gasteiger partial charge in [-0.15, -0.1) is 0 Å². The molecule has 7 atom stereocenters. The standard InChI is InChI=1S/C24H36O6/c1-14(2)8-6-9-15(3)10-7-11-19-18-12-13-20-21(18)24(29-22(19)27-16(4)25)30-23(20)28-17(5)26/h8,10,18-24H,6-7,9,11-13H2,1-5H3/b15-10+/t18-,19-,20-,21+,22+,23-,24-/m1/s1. The van der Waals surface area contributed by atoms with Crippen molar-refractivity contribution in [3.05, 3.63) is 23.3 Å². The summed E-state index contributed by atoms with van der Waals surface area (Å²) < 4.78 is 22.9. The van der Waals surface area contributed by atoms with E-state index in [9.17, 15) is 9.59 Å². The number of hydrogen-bond donors (Lipinski definition) is 0. The molecule has 2 heterocycles. The van der Waals surface area contributed by atoms with Crippen LogP contribution in [0.5, 0.6) is 0 Å². The number of allylic oxidation sites excluding steroid dienone is 4. The largest absolute Gasteiger partial charge is 0.436 e. The molecule has 30 heavy (non-hydrogen) atoms. The van der Waals surface area contributed by atoms with Crippen LogP contribution in [0.1, 0.15) is 73.1 Å². The van der Waals surface area contributed by atoms with Crippen molar-refractivity contribution in [2.75, 3.05) is 0 Å². The molecule has 1 aliphatic carbocycles. The van der Waals surface area contributed by atoms with Gasteiger partial charge in [0.2, 0.25) is 12.6 Å². The van der Waals surface area contributed by atoms with Gasteiger partial charge in [-0.1, -0.05) is 23.3 Å². The minimum atomic E-state index is -0.608. The van der Waals surface area contributed by atoms with Gasteiger partial charge in [0, 0.05) is 31.6 Å². The maximum atomic E-state index is 11.7. The molecular weight excluding hydrogens is 384 g/mol. The summed E-state index contributed by atoms with van der Waals surface area (Å²) in [6.45, 7) is 9.23. The molecule has 3 fully saturated rings. The topological polar surface area (TPSA) is 71.1 Å². The van der Waals surface area contributed by atoms with Crippen molar-refractivity contribution in [3.63, 3.8) is 0 Å². The van der Waals surface area contributed by atoms with E-state index in [0.717, 1.165) is 38.5 Å². The van der Waals surface area contributed by atoms with Crippen LogP contribution < -0.4 is 0 Å². The van der Waals surface area contributed by atoms with Gasteiger partial charge in [-0.25, -0.2) is 0 Å². The van der Waals surface area contributed by atoms with Gasteiger partial charge in [0.15, 0.2) is 6.29 Å². The van der Waals surface area contributed by atoms with Gasteiger partial charge in [0.25, 0.3) is 0 Å². The molecule has 2 aliphatic heterocycles. The lowest BCUT2D eigenvalue weighted by molar-refractivity contribution is -0.306. The molecule has 0 aromatic rings. The monoisotopic (exact) mass is 420 g/mol. The Morgan fingerprint density at radius 3 is 2.17 bits per heavy atom. The summed E-state index contributed by atoms with van der Waals surface area (Å²) in [6.07, 6.45) is 8.83. The van der Waals surface area contributed by atoms with Crippen molar-refractivity contribution in [2.45, 2.75) is 92.0 Å². The van der Waals surface area contributed by atoms with Crippen molar-refractivity contribution in [2.24, 2.45) is 23.7 Å². The van der Waals surface area contributed by atoms with Crippen LogP contribution in [0.4, 0.5) is 0 Å². The molecule has 0 spiro atoms. The number of esters is 2. The molecule has 0 N–H and O–H groups in total. The first-order valence-electron chi connectivity index (χ1n) is 11.2. The highest BCUT2D eigenvalue weighted by atomic mass is 16.8. The molecule has 168 valence electrons. The van der Waals surface area contributed by atoms with Gasteiger partial charge < -0.3 is 18.9 Å². The normalized spacial score (nSPS) is 35.0. The van der Waals surface area contributed by atoms with Crippen LogP contribution >= 0.6 is 0 Å². The van der Waals surface area contributed by atoms with Gasteiger partial charge in [0.1, 0.15) is 0 Å². The molecule has 0 bridgehead atoms. The Morgan fingerprint density at radius 1 is 0.867 bits per heavy atom. The number of rotatable bonds is 8. The van der Waals surface area contributed by atoms with Gasteiger partial charge in [-0.05, 0) is 65.2 Å². The highest BCUT2D eigenvalue weighted by Crippen LogP contribution is 2.56. The van der Waals surface area contributed by atoms with E-state index in [0.29, 0.717) is 5.92 Å². The third kappa shape index (κ3) is 5.52. The summed E-state index contributed by atoms with van der Waals surface area (Å²) in [6, 6.07) is 0. The molecule has 1 saturated carbocycles. The molecule has 6 heteroatoms. The zero-order valence-corrected chi connectivity index (χ0v) is 18.9. The van der Waals surface area contributed by atoms with Crippen LogP contribution in [0.25, 0.3) is 0 Å². The predicted molar refractivity (Wildman–Crippen MR) is 112 cm³/mol. The van der Waals surface area contributed by atoms with E-state index in [2.05, 4.69) is 32.9 Å². The first-order chi connectivity index (χ1) is 14.3. The highest BCUT2D eigenvalue weighted by Gasteiger charge is 2.60. The maximum Gasteiger partial charge on any atom is 0.304 e. The van der Waals surface area contributed by atoms with E-state index >= 15 is 0 Å². The van der Waals surface area contributed by atoms with Gasteiger partial charge in [0.05, 0.1) is 0 Å². The van der Waals surface area contributed by atoms with E-state index in [4.69, 9.17) is 18.9 Å². The second-order valence-corrected chi connectivity index (χ2v) is 9.19. The Kier molecular flexibility index (Phi) is 7.75. The lowest BCUT2D eigenvalue weighted by atomic mass is 9.76. The zero-order chi connectivity index (χ0) is 21.8. The molecule has 0 amide bonds. The Morgan fingerprint density at radius 2 is 1.50 bits per heavy atom. The van der Waals surface area contributed by atoms with Crippen molar-refractivity contribution >= 4 is 11.9 Å². The van der Waals surface area contributed by atoms with Crippen molar-refractivity contribution in [3.8, 4) is 0 Å². The summed E-state index contributed by atoms with van der Waals surface area (Å²) >= 11 is 0. The molecule has 0 aromatic carbocycles. The Bertz CT molecular complexity index is 692. The summed E-state index contributed by atoms with van der Waals surface area (Å²) in [5.41, 5.74) is 2.73. The Labute approximate surface area is 180 Å². The highest BCUT2D eigenvalue weighted by molar-refractivity contribution is 5.66. The van der Waals surface area contributed by atoms with Gasteiger partial charge in [-0.2, -0.15) is 0 Å². The fourth-order valence-electron chi connectivity index (χ4n) is 5.31. The first kappa shape index (κ1) is 23.0. The summed E-state index contributed by atoms with van der Waals surface area (Å²) in [5, 5.41) is 0. The lowest BCUT2D eigenvalue weighted by Gasteiger charge is -2.41. The second kappa shape index (κ2) is 10.1. The van der Waals surface area contributed by atoms with Crippen LogP contribution in [0.2, 0.25) is 0 Å². The van der Waals surface area contributed by atoms with Crippen LogP contribution in [0.3, 0.4) is 0 Å². The molecular formula is C24H36O6. The van der Waals surface area contributed by atoms with E-state index in [1.807, 2.05) is 0 Å². The fourth-order valence-corrected chi connectivity index (χ4v) is 5.31. The van der Waals surface area contributed by atoms with Gasteiger partial charge >= 0.3 is 11.9 Å². The SMILES string of the molecule is CC(=O)O[C@H]1O[C@@H]2O[C@@H](OC(C)=O)[C@@H]3CC[C@H]([C@H]1CC/C=C(\C)CCC=C(C)C)[C@H]23. The number of carbonyl (C=O) groups is 2. The van der Waals surface area contributed by atoms with E-state index in [1.165, 1.54) is 25.0 Å². The Hall–Kier alpha value is -1.66. The molecule has 0 aromatic heterocycles. The number of carbonyl (C=O) groups excluding carboxylic acids is 2. The Balaban J connectivity index is 1.66. The first-order valence-corrected chi connectivity index (χ1v) is 11.2. The van der Waals surface area contributed by atoms with Crippen LogP contribution in [-0.4, -0.2) is 30.8 Å². The summed E-state index contributed by atoms with van der Waals surface area (Å²) in [4.78, 5) is 23.1. The maximum absolute atomic E-state index is 11.7. The molecule has 6 nitrogen and oxygen atoms in total. The van der Waals surface area contributed by atoms with Crippen molar-refractivity contribution < 1.29 is 28.5 Å². The van der Waals surface area contributed by atoms with Crippen LogP contribution in [-0.2, 0) is 28.5 Å². The lowest BCUT2D eigenvalue weighted by Crippen LogP contribution is -2.47. The van der Waals surface area contributed by atoms with Crippen LogP contribution in [0, 0.1) is 23.7 Å². The fraction of sp³-hybridized carbons (Fsp3) is 0.750. The van der Waals surface area contributed by atoms with Crippen molar-refractivity contribution in [1.29, 1.82) is 0 Å². The van der Waals surface area contributed by atoms with E-state index < -0.39 is 18.9 Å². The summed E-state index contributed by atoms with van der Waals surface area (Å²) in [5.74, 6) is 0.129. The smallest absolute Gasteiger partial charge is 0.304 e. The molecule has 0 radical (unpaired) electrons. The summed E-state index contributed by atoms with van der Waals surface area (Å²) in [7, 11) is 0. The number of ether oxygens (including phenoxy) is 4. The third-order valence-corrected chi connectivity index (χ3v) is 6.57. The predicted octanol–water partition coefficient (Wildman–Crippen LogP) is 4.88. The average Bonchev–Trinajstić information content (AvgIpc) is 3.20. The minimum Gasteiger partial charge on any atom is -0.436 e. The van der Waals surface area contributed by atoms with Crippen molar-refractivity contribution in [1.82, 2.24) is 0 Å². The minimum absolute atomic E-state index is 0.127. The quantitative estimate of drug-likeness (QED) is 0.412. The van der Waals surface area contributed by atoms with Gasteiger partial charge in [-0.3, -0.25) is 9.59 Å². The van der Waals surface area contributed by atoms with Crippen LogP contribution in [0.15, 0.2) is 23.3 Å². The molecule has 2 saturated heterocycles. The average molecular weight is 421 g/mol. The van der Waals surface area contributed by atoms with E-state index in [-0.39, 0.29) is 29.7 Å². The van der Waals surface area contributed by atoms with E-state index in [1.54, 1.807) is 0 Å². The zero-order valence-electron chi connectivity index (χ0n) is 18.9. The second-order valence-electron chi connectivity index (χ2n) is 9.19. The third-order valence-electron chi connectivity index (χ3n) is 6.57. The number of hydrogen-bond acceptors (Lipinski definition) is 6. The molecule has 3 aliphatic rings. The molecule has 3 rings (SSSR count).